The third-order valence-corrected chi connectivity index (χ3v) is 5.71. The number of carbonyl (C=O) groups excluding carboxylic acids is 1. The molecule has 0 unspecified atom stereocenters. The van der Waals surface area contributed by atoms with Crippen LogP contribution >= 0.6 is 0 Å². The molecule has 0 spiro atoms. The van der Waals surface area contributed by atoms with Crippen LogP contribution in [0.25, 0.3) is 22.0 Å². The summed E-state index contributed by atoms with van der Waals surface area (Å²) in [5.74, 6) is 0.911. The fourth-order valence-electron chi connectivity index (χ4n) is 4.08. The van der Waals surface area contributed by atoms with E-state index in [1.165, 1.54) is 0 Å². The molecule has 2 aromatic carbocycles. The minimum absolute atomic E-state index is 0.161. The Balaban J connectivity index is 1.53. The van der Waals surface area contributed by atoms with E-state index in [-0.39, 0.29) is 12.1 Å². The Bertz CT molecular complexity index is 1050. The number of anilines is 1. The maximum absolute atomic E-state index is 12.4. The molecule has 6 heteroatoms. The van der Waals surface area contributed by atoms with E-state index in [2.05, 4.69) is 39.4 Å². The zero-order valence-corrected chi connectivity index (χ0v) is 18.7. The molecule has 2 heterocycles. The van der Waals surface area contributed by atoms with E-state index in [4.69, 9.17) is 4.74 Å². The fourth-order valence-corrected chi connectivity index (χ4v) is 4.08. The second-order valence-electron chi connectivity index (χ2n) is 9.09. The highest BCUT2D eigenvalue weighted by Gasteiger charge is 2.29. The molecule has 1 saturated heterocycles. The molecule has 0 N–H and O–H groups in total. The van der Waals surface area contributed by atoms with Crippen molar-refractivity contribution < 1.29 is 9.53 Å². The number of rotatable bonds is 3. The first-order valence-electron chi connectivity index (χ1n) is 10.8. The van der Waals surface area contributed by atoms with Gasteiger partial charge < -0.3 is 14.5 Å². The Morgan fingerprint density at radius 1 is 0.968 bits per heavy atom. The van der Waals surface area contributed by atoms with Gasteiger partial charge in [0, 0.05) is 42.5 Å². The average Bonchev–Trinajstić information content (AvgIpc) is 2.77. The molecule has 0 aliphatic carbocycles. The Kier molecular flexibility index (Phi) is 5.81. The van der Waals surface area contributed by atoms with E-state index >= 15 is 0 Å². The molecule has 1 aliphatic rings. The molecule has 31 heavy (non-hydrogen) atoms. The summed E-state index contributed by atoms with van der Waals surface area (Å²) >= 11 is 0. The van der Waals surface area contributed by atoms with Crippen molar-refractivity contribution >= 4 is 22.7 Å². The topological polar surface area (TPSA) is 58.6 Å². The van der Waals surface area contributed by atoms with Crippen molar-refractivity contribution in [3.63, 3.8) is 0 Å². The van der Waals surface area contributed by atoms with E-state index < -0.39 is 5.60 Å². The highest BCUT2D eigenvalue weighted by Crippen LogP contribution is 2.32. The molecule has 1 fully saturated rings. The SMILES string of the molecule is CN(C(=O)OC(C)(C)C)C1CCN(c2nnc(-c3ccccc3)c3ccccc23)CC1. The van der Waals surface area contributed by atoms with E-state index in [1.54, 1.807) is 4.90 Å². The van der Waals surface area contributed by atoms with Gasteiger partial charge in [-0.2, -0.15) is 0 Å². The second-order valence-corrected chi connectivity index (χ2v) is 9.09. The first-order chi connectivity index (χ1) is 14.8. The number of nitrogens with zero attached hydrogens (tertiary/aromatic N) is 4. The molecule has 0 radical (unpaired) electrons. The van der Waals surface area contributed by atoms with E-state index in [0.717, 1.165) is 53.8 Å². The monoisotopic (exact) mass is 418 g/mol. The van der Waals surface area contributed by atoms with Gasteiger partial charge in [-0.3, -0.25) is 0 Å². The molecule has 0 saturated carbocycles. The third-order valence-electron chi connectivity index (χ3n) is 5.71. The summed E-state index contributed by atoms with van der Waals surface area (Å²) in [5.41, 5.74) is 1.48. The van der Waals surface area contributed by atoms with Gasteiger partial charge in [-0.15, -0.1) is 10.2 Å². The average molecular weight is 419 g/mol. The number of aromatic nitrogens is 2. The number of fused-ring (bicyclic) bond motifs is 1. The molecule has 162 valence electrons. The number of amides is 1. The van der Waals surface area contributed by atoms with Crippen LogP contribution in [0.3, 0.4) is 0 Å². The van der Waals surface area contributed by atoms with Gasteiger partial charge in [0.05, 0.1) is 0 Å². The van der Waals surface area contributed by atoms with Crippen LogP contribution in [-0.2, 0) is 4.74 Å². The number of ether oxygens (including phenoxy) is 1. The molecular formula is C25H30N4O2. The van der Waals surface area contributed by atoms with Crippen molar-refractivity contribution in [3.8, 4) is 11.3 Å². The standard InChI is InChI=1S/C25H30N4O2/c1-25(2,3)31-24(30)28(4)19-14-16-29(17-15-19)23-21-13-9-8-12-20(21)22(26-27-23)18-10-6-5-7-11-18/h5-13,19H,14-17H2,1-4H3. The lowest BCUT2D eigenvalue weighted by atomic mass is 10.0. The van der Waals surface area contributed by atoms with Crippen molar-refractivity contribution in [1.29, 1.82) is 0 Å². The highest BCUT2D eigenvalue weighted by atomic mass is 16.6. The minimum atomic E-state index is -0.485. The second kappa shape index (κ2) is 8.53. The van der Waals surface area contributed by atoms with Crippen LogP contribution in [0.1, 0.15) is 33.6 Å². The fraction of sp³-hybridized carbons (Fsp3) is 0.400. The zero-order chi connectivity index (χ0) is 22.0. The highest BCUT2D eigenvalue weighted by molar-refractivity contribution is 6.00. The number of hydrogen-bond donors (Lipinski definition) is 0. The maximum Gasteiger partial charge on any atom is 0.410 e. The summed E-state index contributed by atoms with van der Waals surface area (Å²) in [6.45, 7) is 7.32. The molecule has 6 nitrogen and oxygen atoms in total. The summed E-state index contributed by atoms with van der Waals surface area (Å²) in [7, 11) is 1.83. The largest absolute Gasteiger partial charge is 0.444 e. The third kappa shape index (κ3) is 4.63. The van der Waals surface area contributed by atoms with E-state index in [0.29, 0.717) is 0 Å². The predicted molar refractivity (Wildman–Crippen MR) is 124 cm³/mol. The summed E-state index contributed by atoms with van der Waals surface area (Å²) < 4.78 is 5.53. The van der Waals surface area contributed by atoms with Crippen LogP contribution in [-0.4, -0.2) is 53.0 Å². The van der Waals surface area contributed by atoms with Crippen molar-refractivity contribution in [2.24, 2.45) is 0 Å². The molecule has 3 aromatic rings. The van der Waals surface area contributed by atoms with Crippen LogP contribution in [0.4, 0.5) is 10.6 Å². The Labute approximate surface area is 183 Å². The number of hydrogen-bond acceptors (Lipinski definition) is 5. The molecule has 4 rings (SSSR count). The number of benzene rings is 2. The van der Waals surface area contributed by atoms with E-state index in [9.17, 15) is 4.79 Å². The summed E-state index contributed by atoms with van der Waals surface area (Å²) in [5, 5.41) is 11.4. The van der Waals surface area contributed by atoms with Crippen molar-refractivity contribution in [1.82, 2.24) is 15.1 Å². The van der Waals surface area contributed by atoms with Gasteiger partial charge in [-0.05, 0) is 33.6 Å². The predicted octanol–water partition coefficient (Wildman–Crippen LogP) is 5.13. The van der Waals surface area contributed by atoms with Gasteiger partial charge in [0.15, 0.2) is 5.82 Å². The Morgan fingerprint density at radius 3 is 2.23 bits per heavy atom. The smallest absolute Gasteiger partial charge is 0.410 e. The van der Waals surface area contributed by atoms with Gasteiger partial charge >= 0.3 is 6.09 Å². The minimum Gasteiger partial charge on any atom is -0.444 e. The van der Waals surface area contributed by atoms with Crippen molar-refractivity contribution in [3.05, 3.63) is 54.6 Å². The lowest BCUT2D eigenvalue weighted by Gasteiger charge is -2.37. The summed E-state index contributed by atoms with van der Waals surface area (Å²) in [6, 6.07) is 18.6. The number of piperidine rings is 1. The first-order valence-corrected chi connectivity index (χ1v) is 10.8. The van der Waals surface area contributed by atoms with Crippen LogP contribution in [0.15, 0.2) is 54.6 Å². The van der Waals surface area contributed by atoms with Gasteiger partial charge in [-0.25, -0.2) is 4.79 Å². The molecular weight excluding hydrogens is 388 g/mol. The molecule has 0 atom stereocenters. The van der Waals surface area contributed by atoms with Crippen LogP contribution in [0.2, 0.25) is 0 Å². The van der Waals surface area contributed by atoms with Crippen molar-refractivity contribution in [2.75, 3.05) is 25.0 Å². The first kappa shape index (κ1) is 21.1. The molecule has 0 bridgehead atoms. The maximum atomic E-state index is 12.4. The summed E-state index contributed by atoms with van der Waals surface area (Å²) in [4.78, 5) is 16.4. The number of carbonyl (C=O) groups is 1. The molecule has 1 amide bonds. The van der Waals surface area contributed by atoms with E-state index in [1.807, 2.05) is 58.2 Å². The van der Waals surface area contributed by atoms with Gasteiger partial charge in [0.1, 0.15) is 11.3 Å². The van der Waals surface area contributed by atoms with Crippen LogP contribution in [0, 0.1) is 0 Å². The normalized spacial score (nSPS) is 15.2. The quantitative estimate of drug-likeness (QED) is 0.590. The Morgan fingerprint density at radius 2 is 1.58 bits per heavy atom. The molecule has 1 aromatic heterocycles. The van der Waals surface area contributed by atoms with Gasteiger partial charge in [0.25, 0.3) is 0 Å². The van der Waals surface area contributed by atoms with Crippen LogP contribution in [0.5, 0.6) is 0 Å². The van der Waals surface area contributed by atoms with Gasteiger partial charge in [-0.1, -0.05) is 54.6 Å². The van der Waals surface area contributed by atoms with Gasteiger partial charge in [0.2, 0.25) is 0 Å². The molecule has 1 aliphatic heterocycles. The lowest BCUT2D eigenvalue weighted by Crippen LogP contribution is -2.47. The van der Waals surface area contributed by atoms with Crippen molar-refractivity contribution in [2.45, 2.75) is 45.3 Å². The Hall–Kier alpha value is -3.15. The lowest BCUT2D eigenvalue weighted by molar-refractivity contribution is 0.0201. The zero-order valence-electron chi connectivity index (χ0n) is 18.7. The summed E-state index contributed by atoms with van der Waals surface area (Å²) in [6.07, 6.45) is 1.47. The van der Waals surface area contributed by atoms with Crippen LogP contribution < -0.4 is 4.90 Å².